The molecular weight excluding hydrogens is 367 g/mol. The van der Waals surface area contributed by atoms with Crippen LogP contribution >= 0.6 is 11.8 Å². The van der Waals surface area contributed by atoms with E-state index >= 15 is 0 Å². The summed E-state index contributed by atoms with van der Waals surface area (Å²) in [6, 6.07) is 4.85. The van der Waals surface area contributed by atoms with Crippen LogP contribution in [0.5, 0.6) is 0 Å². The maximum Gasteiger partial charge on any atom is 0.446 e. The Balaban J connectivity index is 2.05. The molecule has 0 aliphatic heterocycles. The maximum absolute atomic E-state index is 12.3. The fourth-order valence-electron chi connectivity index (χ4n) is 2.10. The molecule has 0 aliphatic carbocycles. The molecule has 1 heterocycles. The van der Waals surface area contributed by atoms with Gasteiger partial charge in [-0.1, -0.05) is 0 Å². The molecular formula is C16H18F3N5OS. The monoisotopic (exact) mass is 385 g/mol. The number of anilines is 3. The van der Waals surface area contributed by atoms with Crippen molar-refractivity contribution in [2.75, 3.05) is 29.6 Å². The van der Waals surface area contributed by atoms with Crippen LogP contribution in [-0.2, 0) is 0 Å². The second-order valence-electron chi connectivity index (χ2n) is 5.62. The number of aromatic nitrogens is 2. The highest BCUT2D eigenvalue weighted by molar-refractivity contribution is 8.00. The lowest BCUT2D eigenvalue weighted by molar-refractivity contribution is -0.0328. The van der Waals surface area contributed by atoms with Gasteiger partial charge in [0.2, 0.25) is 5.95 Å². The molecule has 1 aromatic carbocycles. The predicted molar refractivity (Wildman–Crippen MR) is 96.8 cm³/mol. The molecule has 26 heavy (non-hydrogen) atoms. The Morgan fingerprint density at radius 1 is 1.04 bits per heavy atom. The van der Waals surface area contributed by atoms with Crippen LogP contribution in [0.25, 0.3) is 0 Å². The first-order valence-corrected chi connectivity index (χ1v) is 8.33. The molecule has 6 nitrogen and oxygen atoms in total. The summed E-state index contributed by atoms with van der Waals surface area (Å²) in [6.07, 6.45) is 0. The summed E-state index contributed by atoms with van der Waals surface area (Å²) in [5.41, 5.74) is -2.28. The maximum atomic E-state index is 12.3. The molecule has 1 aromatic heterocycles. The number of alkyl halides is 3. The third-order valence-corrected chi connectivity index (χ3v) is 3.98. The Morgan fingerprint density at radius 3 is 2.04 bits per heavy atom. The fraction of sp³-hybridized carbons (Fsp3) is 0.312. The minimum absolute atomic E-state index is 0.0443. The van der Waals surface area contributed by atoms with Gasteiger partial charge in [-0.3, -0.25) is 0 Å². The Bertz CT molecular complexity index is 770. The number of carbonyl (C=O) groups excluding carboxylic acids is 1. The highest BCUT2D eigenvalue weighted by Gasteiger charge is 2.29. The average Bonchev–Trinajstić information content (AvgIpc) is 2.51. The third kappa shape index (κ3) is 5.51. The molecule has 0 bridgehead atoms. The van der Waals surface area contributed by atoms with Crippen LogP contribution in [-0.4, -0.2) is 35.6 Å². The molecule has 0 fully saturated rings. The SMILES string of the molecule is Cc1nc(N(C)C)nc(C)c1NC(=O)Nc1ccc(SC(F)(F)F)cc1. The van der Waals surface area contributed by atoms with Gasteiger partial charge in [-0.05, 0) is 49.9 Å². The quantitative estimate of drug-likeness (QED) is 0.763. The van der Waals surface area contributed by atoms with E-state index in [1.165, 1.54) is 24.3 Å². The topological polar surface area (TPSA) is 70.2 Å². The van der Waals surface area contributed by atoms with E-state index in [-0.39, 0.29) is 16.7 Å². The molecule has 0 atom stereocenters. The summed E-state index contributed by atoms with van der Waals surface area (Å²) in [5.74, 6) is 0.531. The lowest BCUT2D eigenvalue weighted by atomic mass is 10.3. The zero-order chi connectivity index (χ0) is 19.5. The van der Waals surface area contributed by atoms with E-state index in [1.807, 2.05) is 14.1 Å². The number of nitrogens with zero attached hydrogens (tertiary/aromatic N) is 3. The molecule has 0 unspecified atom stereocenters. The second kappa shape index (κ2) is 7.81. The van der Waals surface area contributed by atoms with Crippen molar-refractivity contribution in [2.24, 2.45) is 0 Å². The van der Waals surface area contributed by atoms with Crippen molar-refractivity contribution >= 4 is 35.1 Å². The van der Waals surface area contributed by atoms with Crippen molar-refractivity contribution in [3.05, 3.63) is 35.7 Å². The molecule has 0 radical (unpaired) electrons. The number of amides is 2. The van der Waals surface area contributed by atoms with Crippen molar-refractivity contribution in [3.8, 4) is 0 Å². The Labute approximate surface area is 153 Å². The van der Waals surface area contributed by atoms with Gasteiger partial charge in [-0.15, -0.1) is 0 Å². The molecule has 0 spiro atoms. The minimum atomic E-state index is -4.35. The fourth-order valence-corrected chi connectivity index (χ4v) is 2.63. The van der Waals surface area contributed by atoms with E-state index in [2.05, 4.69) is 20.6 Å². The lowest BCUT2D eigenvalue weighted by Gasteiger charge is -2.16. The molecule has 2 N–H and O–H groups in total. The van der Waals surface area contributed by atoms with Gasteiger partial charge in [0.25, 0.3) is 0 Å². The Hall–Kier alpha value is -2.49. The summed E-state index contributed by atoms with van der Waals surface area (Å²) in [6.45, 7) is 3.50. The van der Waals surface area contributed by atoms with Crippen LogP contribution in [0, 0.1) is 13.8 Å². The number of rotatable bonds is 4. The van der Waals surface area contributed by atoms with Gasteiger partial charge < -0.3 is 15.5 Å². The van der Waals surface area contributed by atoms with E-state index in [9.17, 15) is 18.0 Å². The largest absolute Gasteiger partial charge is 0.446 e. The minimum Gasteiger partial charge on any atom is -0.347 e. The van der Waals surface area contributed by atoms with Crippen LogP contribution < -0.4 is 15.5 Å². The Morgan fingerprint density at radius 2 is 1.58 bits per heavy atom. The van der Waals surface area contributed by atoms with Crippen LogP contribution in [0.4, 0.5) is 35.3 Å². The Kier molecular flexibility index (Phi) is 5.96. The summed E-state index contributed by atoms with van der Waals surface area (Å²) in [4.78, 5) is 22.5. The van der Waals surface area contributed by atoms with Crippen molar-refractivity contribution in [3.63, 3.8) is 0 Å². The van der Waals surface area contributed by atoms with E-state index in [1.54, 1.807) is 18.7 Å². The molecule has 10 heteroatoms. The lowest BCUT2D eigenvalue weighted by Crippen LogP contribution is -2.22. The number of urea groups is 1. The van der Waals surface area contributed by atoms with Crippen molar-refractivity contribution in [1.82, 2.24) is 9.97 Å². The van der Waals surface area contributed by atoms with Crippen LogP contribution in [0.15, 0.2) is 29.2 Å². The van der Waals surface area contributed by atoms with E-state index in [0.717, 1.165) is 0 Å². The molecule has 2 amide bonds. The molecule has 140 valence electrons. The van der Waals surface area contributed by atoms with Gasteiger partial charge in [0, 0.05) is 24.7 Å². The van der Waals surface area contributed by atoms with Gasteiger partial charge >= 0.3 is 11.5 Å². The standard InChI is InChI=1S/C16H18F3N5OS/c1-9-13(10(2)21-14(20-9)24(3)4)23-15(25)22-11-5-7-12(8-6-11)26-16(17,18)19/h5-8H,1-4H3,(H2,22,23,25). The van der Waals surface area contributed by atoms with Gasteiger partial charge in [0.05, 0.1) is 17.1 Å². The number of hydrogen-bond acceptors (Lipinski definition) is 5. The van der Waals surface area contributed by atoms with Crippen LogP contribution in [0.3, 0.4) is 0 Å². The number of carbonyl (C=O) groups is 1. The van der Waals surface area contributed by atoms with Crippen molar-refractivity contribution in [1.29, 1.82) is 0 Å². The van der Waals surface area contributed by atoms with Crippen molar-refractivity contribution < 1.29 is 18.0 Å². The van der Waals surface area contributed by atoms with Gasteiger partial charge in [0.15, 0.2) is 0 Å². The van der Waals surface area contributed by atoms with Crippen molar-refractivity contribution in [2.45, 2.75) is 24.3 Å². The first kappa shape index (κ1) is 19.8. The van der Waals surface area contributed by atoms with Gasteiger partial charge in [0.1, 0.15) is 0 Å². The van der Waals surface area contributed by atoms with E-state index in [0.29, 0.717) is 28.7 Å². The summed E-state index contributed by atoms with van der Waals surface area (Å²) < 4.78 is 36.9. The van der Waals surface area contributed by atoms with Gasteiger partial charge in [-0.2, -0.15) is 13.2 Å². The normalized spacial score (nSPS) is 11.2. The number of halogens is 3. The molecule has 0 saturated carbocycles. The predicted octanol–water partition coefficient (Wildman–Crippen LogP) is 4.42. The highest BCUT2D eigenvalue weighted by Crippen LogP contribution is 2.37. The number of aryl methyl sites for hydroxylation is 2. The molecule has 0 aliphatic rings. The van der Waals surface area contributed by atoms with Gasteiger partial charge in [-0.25, -0.2) is 14.8 Å². The second-order valence-corrected chi connectivity index (χ2v) is 6.75. The summed E-state index contributed by atoms with van der Waals surface area (Å²) in [7, 11) is 3.63. The zero-order valence-electron chi connectivity index (χ0n) is 14.6. The summed E-state index contributed by atoms with van der Waals surface area (Å²) >= 11 is -0.210. The first-order valence-electron chi connectivity index (χ1n) is 7.51. The molecule has 2 rings (SSSR count). The third-order valence-electron chi connectivity index (χ3n) is 3.24. The number of thioether (sulfide) groups is 1. The first-order chi connectivity index (χ1) is 12.0. The average molecular weight is 385 g/mol. The van der Waals surface area contributed by atoms with Crippen LogP contribution in [0.2, 0.25) is 0 Å². The number of hydrogen-bond donors (Lipinski definition) is 2. The van der Waals surface area contributed by atoms with E-state index < -0.39 is 11.5 Å². The number of benzene rings is 1. The van der Waals surface area contributed by atoms with E-state index in [4.69, 9.17) is 0 Å². The zero-order valence-corrected chi connectivity index (χ0v) is 15.4. The van der Waals surface area contributed by atoms with Crippen LogP contribution in [0.1, 0.15) is 11.4 Å². The number of nitrogens with one attached hydrogen (secondary N) is 2. The summed E-state index contributed by atoms with van der Waals surface area (Å²) in [5, 5.41) is 5.23. The molecule has 2 aromatic rings. The highest BCUT2D eigenvalue weighted by atomic mass is 32.2. The molecule has 0 saturated heterocycles. The smallest absolute Gasteiger partial charge is 0.347 e.